The maximum atomic E-state index is 12.6. The summed E-state index contributed by atoms with van der Waals surface area (Å²) in [6.45, 7) is 0.759. The molecule has 6 nitrogen and oxygen atoms in total. The van der Waals surface area contributed by atoms with Crippen LogP contribution in [0.5, 0.6) is 0 Å². The molecule has 2 aromatic rings. The van der Waals surface area contributed by atoms with Crippen LogP contribution >= 0.6 is 0 Å². The third-order valence-corrected chi connectivity index (χ3v) is 6.34. The first-order valence-corrected chi connectivity index (χ1v) is 9.51. The van der Waals surface area contributed by atoms with Gasteiger partial charge in [0.25, 0.3) is 0 Å². The van der Waals surface area contributed by atoms with E-state index < -0.39 is 15.6 Å². The summed E-state index contributed by atoms with van der Waals surface area (Å²) in [6, 6.07) is 17.9. The Morgan fingerprint density at radius 3 is 2.20 bits per heavy atom. The van der Waals surface area contributed by atoms with Crippen molar-refractivity contribution in [3.63, 3.8) is 0 Å². The van der Waals surface area contributed by atoms with Gasteiger partial charge in [0.15, 0.2) is 0 Å². The normalized spacial score (nSPS) is 20.0. The number of hydroxylamine groups is 2. The van der Waals surface area contributed by atoms with Gasteiger partial charge in [0, 0.05) is 13.1 Å². The lowest BCUT2D eigenvalue weighted by Crippen LogP contribution is -2.63. The lowest BCUT2D eigenvalue weighted by Gasteiger charge is -2.44. The largest absolute Gasteiger partial charge is 0.272 e. The molecule has 1 amide bonds. The second-order valence-electron chi connectivity index (χ2n) is 6.45. The Morgan fingerprint density at radius 1 is 0.960 bits per heavy atom. The fraction of sp³-hybridized carbons (Fsp3) is 0.278. The fourth-order valence-corrected chi connectivity index (χ4v) is 4.84. The summed E-state index contributed by atoms with van der Waals surface area (Å²) >= 11 is 0. The van der Waals surface area contributed by atoms with Gasteiger partial charge in [0.2, 0.25) is 15.9 Å². The smallest absolute Gasteiger partial charge is 0.249 e. The van der Waals surface area contributed by atoms with Crippen molar-refractivity contribution in [3.05, 3.63) is 66.2 Å². The zero-order chi connectivity index (χ0) is 17.5. The van der Waals surface area contributed by atoms with Crippen LogP contribution in [0.3, 0.4) is 0 Å². The van der Waals surface area contributed by atoms with E-state index in [-0.39, 0.29) is 30.3 Å². The summed E-state index contributed by atoms with van der Waals surface area (Å²) in [5.74, 6) is -0.111. The molecule has 4 rings (SSSR count). The highest BCUT2D eigenvalue weighted by atomic mass is 32.2. The Kier molecular flexibility index (Phi) is 3.87. The highest BCUT2D eigenvalue weighted by molar-refractivity contribution is 7.89. The Bertz CT molecular complexity index is 878. The molecule has 2 saturated heterocycles. The number of rotatable bonds is 4. The van der Waals surface area contributed by atoms with Gasteiger partial charge in [-0.15, -0.1) is 0 Å². The molecule has 1 spiro atoms. The van der Waals surface area contributed by atoms with Crippen LogP contribution in [0.2, 0.25) is 0 Å². The molecule has 2 aromatic carbocycles. The van der Waals surface area contributed by atoms with Crippen molar-refractivity contribution in [1.29, 1.82) is 0 Å². The van der Waals surface area contributed by atoms with Crippen LogP contribution in [0, 0.1) is 0 Å². The van der Waals surface area contributed by atoms with Gasteiger partial charge < -0.3 is 0 Å². The molecule has 25 heavy (non-hydrogen) atoms. The van der Waals surface area contributed by atoms with E-state index in [4.69, 9.17) is 4.84 Å². The summed E-state index contributed by atoms with van der Waals surface area (Å²) in [6.07, 6.45) is 0.209. The summed E-state index contributed by atoms with van der Waals surface area (Å²) in [7, 11) is -3.54. The van der Waals surface area contributed by atoms with Gasteiger partial charge >= 0.3 is 0 Å². The SMILES string of the molecule is O=C1CC2(CN(S(=O)(=O)c3ccccc3)C2)ON1Cc1ccccc1. The van der Waals surface area contributed by atoms with Crippen molar-refractivity contribution in [1.82, 2.24) is 9.37 Å². The summed E-state index contributed by atoms with van der Waals surface area (Å²) in [5.41, 5.74) is 0.245. The minimum atomic E-state index is -3.54. The van der Waals surface area contributed by atoms with E-state index in [1.54, 1.807) is 30.3 Å². The van der Waals surface area contributed by atoms with Crippen LogP contribution in [0.15, 0.2) is 65.6 Å². The molecular formula is C18H18N2O4S. The second kappa shape index (κ2) is 5.94. The summed E-state index contributed by atoms with van der Waals surface area (Å²) < 4.78 is 26.5. The van der Waals surface area contributed by atoms with Crippen molar-refractivity contribution in [3.8, 4) is 0 Å². The molecule has 130 valence electrons. The minimum Gasteiger partial charge on any atom is -0.272 e. The van der Waals surface area contributed by atoms with Gasteiger partial charge in [-0.2, -0.15) is 4.31 Å². The maximum Gasteiger partial charge on any atom is 0.249 e. The van der Waals surface area contributed by atoms with E-state index >= 15 is 0 Å². The van der Waals surface area contributed by atoms with E-state index in [2.05, 4.69) is 0 Å². The van der Waals surface area contributed by atoms with Gasteiger partial charge in [0.05, 0.1) is 17.9 Å². The van der Waals surface area contributed by atoms with Gasteiger partial charge in [-0.05, 0) is 17.7 Å². The molecule has 7 heteroatoms. The standard InChI is InChI=1S/C18H18N2O4S/c21-17-11-18(24-20(17)12-15-7-3-1-4-8-15)13-19(14-18)25(22,23)16-9-5-2-6-10-16/h1-10H,11-14H2. The lowest BCUT2D eigenvalue weighted by atomic mass is 9.94. The monoisotopic (exact) mass is 358 g/mol. The predicted octanol–water partition coefficient (Wildman–Crippen LogP) is 1.79. The number of amides is 1. The topological polar surface area (TPSA) is 66.9 Å². The van der Waals surface area contributed by atoms with Crippen LogP contribution in [-0.2, 0) is 26.2 Å². The molecule has 2 aliphatic rings. The number of carbonyl (C=O) groups is 1. The molecule has 0 atom stereocenters. The summed E-state index contributed by atoms with van der Waals surface area (Å²) in [4.78, 5) is 18.3. The van der Waals surface area contributed by atoms with Crippen molar-refractivity contribution >= 4 is 15.9 Å². The van der Waals surface area contributed by atoms with Gasteiger partial charge in [-0.25, -0.2) is 13.5 Å². The molecule has 0 radical (unpaired) electrons. The molecule has 2 fully saturated rings. The molecule has 0 aliphatic carbocycles. The van der Waals surface area contributed by atoms with Gasteiger partial charge in [-0.1, -0.05) is 48.5 Å². The van der Waals surface area contributed by atoms with Crippen molar-refractivity contribution in [2.24, 2.45) is 0 Å². The van der Waals surface area contributed by atoms with Crippen molar-refractivity contribution in [2.75, 3.05) is 13.1 Å². The lowest BCUT2D eigenvalue weighted by molar-refractivity contribution is -0.228. The molecule has 0 bridgehead atoms. The number of sulfonamides is 1. The third kappa shape index (κ3) is 2.95. The average Bonchev–Trinajstić information content (AvgIpc) is 2.92. The number of hydrogen-bond donors (Lipinski definition) is 0. The molecule has 0 N–H and O–H groups in total. The van der Waals surface area contributed by atoms with E-state index in [0.717, 1.165) is 5.56 Å². The number of carbonyl (C=O) groups excluding carboxylic acids is 1. The van der Waals surface area contributed by atoms with E-state index in [1.807, 2.05) is 30.3 Å². The summed E-state index contributed by atoms with van der Waals surface area (Å²) in [5, 5.41) is 1.35. The minimum absolute atomic E-state index is 0.111. The second-order valence-corrected chi connectivity index (χ2v) is 8.39. The van der Waals surface area contributed by atoms with Crippen molar-refractivity contribution in [2.45, 2.75) is 23.5 Å². The van der Waals surface area contributed by atoms with Crippen LogP contribution in [0.1, 0.15) is 12.0 Å². The van der Waals surface area contributed by atoms with Gasteiger partial charge in [-0.3, -0.25) is 9.63 Å². The number of benzene rings is 2. The quantitative estimate of drug-likeness (QED) is 0.836. The Morgan fingerprint density at radius 2 is 1.56 bits per heavy atom. The zero-order valence-electron chi connectivity index (χ0n) is 13.5. The zero-order valence-corrected chi connectivity index (χ0v) is 14.4. The Labute approximate surface area is 146 Å². The molecule has 0 unspecified atom stereocenters. The first-order valence-electron chi connectivity index (χ1n) is 8.07. The van der Waals surface area contributed by atoms with Crippen LogP contribution in [-0.4, -0.2) is 42.4 Å². The predicted molar refractivity (Wildman–Crippen MR) is 90.6 cm³/mol. The Balaban J connectivity index is 1.44. The first kappa shape index (κ1) is 16.3. The molecule has 0 saturated carbocycles. The number of nitrogens with zero attached hydrogens (tertiary/aromatic N) is 2. The van der Waals surface area contributed by atoms with E-state index in [1.165, 1.54) is 9.37 Å². The van der Waals surface area contributed by atoms with Crippen LogP contribution < -0.4 is 0 Å². The van der Waals surface area contributed by atoms with Crippen LogP contribution in [0.4, 0.5) is 0 Å². The van der Waals surface area contributed by atoms with Gasteiger partial charge in [0.1, 0.15) is 5.60 Å². The number of hydrogen-bond acceptors (Lipinski definition) is 4. The maximum absolute atomic E-state index is 12.6. The van der Waals surface area contributed by atoms with E-state index in [9.17, 15) is 13.2 Å². The molecule has 2 heterocycles. The molecular weight excluding hydrogens is 340 g/mol. The highest BCUT2D eigenvalue weighted by Crippen LogP contribution is 2.39. The fourth-order valence-electron chi connectivity index (χ4n) is 3.23. The molecule has 2 aliphatic heterocycles. The van der Waals surface area contributed by atoms with Crippen LogP contribution in [0.25, 0.3) is 0 Å². The van der Waals surface area contributed by atoms with E-state index in [0.29, 0.717) is 6.54 Å². The highest BCUT2D eigenvalue weighted by Gasteiger charge is 2.56. The first-order chi connectivity index (χ1) is 12.0. The molecule has 0 aromatic heterocycles. The van der Waals surface area contributed by atoms with Crippen molar-refractivity contribution < 1.29 is 18.0 Å². The Hall–Kier alpha value is -2.22. The average molecular weight is 358 g/mol. The third-order valence-electron chi connectivity index (χ3n) is 4.53.